The van der Waals surface area contributed by atoms with Gasteiger partial charge in [0.15, 0.2) is 0 Å². The van der Waals surface area contributed by atoms with E-state index in [-0.39, 0.29) is 5.91 Å². The van der Waals surface area contributed by atoms with Gasteiger partial charge in [-0.2, -0.15) is 0 Å². The van der Waals surface area contributed by atoms with Crippen LogP contribution in [0.5, 0.6) is 0 Å². The van der Waals surface area contributed by atoms with Crippen molar-refractivity contribution < 1.29 is 4.79 Å². The van der Waals surface area contributed by atoms with Crippen molar-refractivity contribution in [2.45, 2.75) is 6.92 Å². The van der Waals surface area contributed by atoms with E-state index in [9.17, 15) is 4.79 Å². The van der Waals surface area contributed by atoms with Crippen molar-refractivity contribution in [2.24, 2.45) is 4.99 Å². The summed E-state index contributed by atoms with van der Waals surface area (Å²) in [4.78, 5) is 15.2. The molecule has 0 saturated heterocycles. The number of aliphatic imine (C=N–C) groups is 1. The number of allylic oxidation sites excluding steroid dienone is 2. The molecule has 0 aliphatic rings. The second-order valence-corrected chi connectivity index (χ2v) is 2.88. The Kier molecular flexibility index (Phi) is 5.07. The van der Waals surface area contributed by atoms with Crippen LogP contribution < -0.4 is 5.32 Å². The first kappa shape index (κ1) is 11.9. The van der Waals surface area contributed by atoms with Gasteiger partial charge in [-0.05, 0) is 13.0 Å². The number of amides is 1. The number of rotatable bonds is 3. The molecule has 0 bridgehead atoms. The summed E-state index contributed by atoms with van der Waals surface area (Å²) in [5.74, 6) is -0.218. The summed E-state index contributed by atoms with van der Waals surface area (Å²) in [5.41, 5.74) is 1.06. The lowest BCUT2D eigenvalue weighted by atomic mass is 10.1. The van der Waals surface area contributed by atoms with Crippen molar-refractivity contribution in [3.8, 4) is 0 Å². The largest absolute Gasteiger partial charge is 0.355 e. The van der Waals surface area contributed by atoms with Crippen LogP contribution in [0.3, 0.4) is 0 Å². The third-order valence-corrected chi connectivity index (χ3v) is 1.61. The first-order chi connectivity index (χ1) is 6.02. The molecule has 0 radical (unpaired) electrons. The molecule has 0 atom stereocenters. The highest BCUT2D eigenvalue weighted by Crippen LogP contribution is 2.06. The van der Waals surface area contributed by atoms with Crippen molar-refractivity contribution in [1.82, 2.24) is 5.32 Å². The summed E-state index contributed by atoms with van der Waals surface area (Å²) in [6, 6.07) is 0. The van der Waals surface area contributed by atoms with Crippen LogP contribution in [0.25, 0.3) is 0 Å². The molecular formula is C9H13ClN2O. The summed E-state index contributed by atoms with van der Waals surface area (Å²) in [6.45, 7) is 5.22. The minimum atomic E-state index is -0.218. The van der Waals surface area contributed by atoms with E-state index in [1.807, 2.05) is 0 Å². The number of hydrogen-bond acceptors (Lipinski definition) is 2. The highest BCUT2D eigenvalue weighted by molar-refractivity contribution is 6.32. The zero-order valence-electron chi connectivity index (χ0n) is 8.02. The fourth-order valence-corrected chi connectivity index (χ4v) is 0.855. The van der Waals surface area contributed by atoms with Gasteiger partial charge in [0.25, 0.3) is 5.91 Å². The predicted octanol–water partition coefficient (Wildman–Crippen LogP) is 1.50. The Morgan fingerprint density at radius 2 is 2.15 bits per heavy atom. The second-order valence-electron chi connectivity index (χ2n) is 2.39. The highest BCUT2D eigenvalue weighted by Gasteiger charge is 2.09. The van der Waals surface area contributed by atoms with Crippen LogP contribution in [0.1, 0.15) is 6.92 Å². The van der Waals surface area contributed by atoms with Gasteiger partial charge >= 0.3 is 0 Å². The Bertz CT molecular complexity index is 279. The van der Waals surface area contributed by atoms with Gasteiger partial charge in [0.2, 0.25) is 0 Å². The number of nitrogens with zero attached hydrogens (tertiary/aromatic N) is 1. The van der Waals surface area contributed by atoms with E-state index < -0.39 is 0 Å². The quantitative estimate of drug-likeness (QED) is 0.419. The van der Waals surface area contributed by atoms with Crippen LogP contribution in [0.4, 0.5) is 0 Å². The molecule has 0 aliphatic carbocycles. The fraction of sp³-hybridized carbons (Fsp3) is 0.333. The Balaban J connectivity index is 4.98. The predicted molar refractivity (Wildman–Crippen MR) is 56.2 cm³/mol. The lowest BCUT2D eigenvalue weighted by Crippen LogP contribution is -2.23. The molecule has 0 aromatic heterocycles. The molecule has 0 aromatic carbocycles. The van der Waals surface area contributed by atoms with Gasteiger partial charge in [-0.3, -0.25) is 9.79 Å². The number of hydrogen-bond donors (Lipinski definition) is 1. The molecule has 0 aromatic rings. The molecule has 3 nitrogen and oxygen atoms in total. The lowest BCUT2D eigenvalue weighted by Gasteiger charge is -2.04. The summed E-state index contributed by atoms with van der Waals surface area (Å²) >= 11 is 5.57. The van der Waals surface area contributed by atoms with Gasteiger partial charge in [-0.25, -0.2) is 0 Å². The minimum Gasteiger partial charge on any atom is -0.355 e. The number of carbonyl (C=O) groups excluding carboxylic acids is 1. The molecule has 0 aliphatic heterocycles. The maximum absolute atomic E-state index is 11.3. The number of likely N-dealkylation sites (N-methyl/N-ethyl adjacent to an activating group) is 1. The summed E-state index contributed by atoms with van der Waals surface area (Å²) in [6.07, 6.45) is 1.49. The molecule has 0 fully saturated rings. The van der Waals surface area contributed by atoms with Gasteiger partial charge in [0.1, 0.15) is 0 Å². The molecule has 0 saturated carbocycles. The molecule has 0 spiro atoms. The standard InChI is InChI=1S/C9H13ClN2O/c1-6(10)5-8(7(2)11-3)9(13)12-4/h5H,1H2,2-4H3,(H,12,13)/b8-5+,11-7?. The van der Waals surface area contributed by atoms with Gasteiger partial charge in [0, 0.05) is 24.8 Å². The van der Waals surface area contributed by atoms with Crippen molar-refractivity contribution in [3.63, 3.8) is 0 Å². The van der Waals surface area contributed by atoms with Gasteiger partial charge in [0.05, 0.1) is 5.57 Å². The maximum Gasteiger partial charge on any atom is 0.252 e. The van der Waals surface area contributed by atoms with Gasteiger partial charge < -0.3 is 5.32 Å². The van der Waals surface area contributed by atoms with Crippen LogP contribution in [-0.4, -0.2) is 25.7 Å². The molecule has 13 heavy (non-hydrogen) atoms. The Morgan fingerprint density at radius 3 is 2.46 bits per heavy atom. The number of halogens is 1. The Hall–Kier alpha value is -1.09. The summed E-state index contributed by atoms with van der Waals surface area (Å²) in [5, 5.41) is 2.80. The summed E-state index contributed by atoms with van der Waals surface area (Å²) in [7, 11) is 3.17. The Labute approximate surface area is 83.2 Å². The SMILES string of the molecule is C=C(Cl)/C=C(/C(=O)NC)C(C)=NC. The molecule has 1 N–H and O–H groups in total. The smallest absolute Gasteiger partial charge is 0.252 e. The molecule has 0 unspecified atom stereocenters. The highest BCUT2D eigenvalue weighted by atomic mass is 35.5. The molecule has 0 rings (SSSR count). The second kappa shape index (κ2) is 5.54. The van der Waals surface area contributed by atoms with E-state index in [2.05, 4.69) is 16.9 Å². The zero-order valence-corrected chi connectivity index (χ0v) is 8.77. The topological polar surface area (TPSA) is 41.5 Å². The zero-order chi connectivity index (χ0) is 10.4. The number of carbonyl (C=O) groups is 1. The van der Waals surface area contributed by atoms with E-state index >= 15 is 0 Å². The van der Waals surface area contributed by atoms with Gasteiger partial charge in [-0.15, -0.1) is 0 Å². The average molecular weight is 201 g/mol. The summed E-state index contributed by atoms with van der Waals surface area (Å²) < 4.78 is 0. The molecule has 72 valence electrons. The fourth-order valence-electron chi connectivity index (χ4n) is 0.746. The van der Waals surface area contributed by atoms with Crippen LogP contribution in [-0.2, 0) is 4.79 Å². The van der Waals surface area contributed by atoms with E-state index in [1.165, 1.54) is 6.08 Å². The first-order valence-electron chi connectivity index (χ1n) is 3.74. The van der Waals surface area contributed by atoms with Crippen molar-refractivity contribution >= 4 is 23.2 Å². The van der Waals surface area contributed by atoms with Crippen LogP contribution in [0.15, 0.2) is 28.3 Å². The van der Waals surface area contributed by atoms with Crippen molar-refractivity contribution in [1.29, 1.82) is 0 Å². The third kappa shape index (κ3) is 3.90. The van der Waals surface area contributed by atoms with Crippen LogP contribution in [0.2, 0.25) is 0 Å². The lowest BCUT2D eigenvalue weighted by molar-refractivity contribution is -0.116. The van der Waals surface area contributed by atoms with Crippen molar-refractivity contribution in [3.05, 3.63) is 23.3 Å². The first-order valence-corrected chi connectivity index (χ1v) is 4.12. The van der Waals surface area contributed by atoms with E-state index in [0.717, 1.165) is 0 Å². The minimum absolute atomic E-state index is 0.218. The monoisotopic (exact) mass is 200 g/mol. The van der Waals surface area contributed by atoms with E-state index in [4.69, 9.17) is 11.6 Å². The molecular weight excluding hydrogens is 188 g/mol. The van der Waals surface area contributed by atoms with Crippen LogP contribution in [0, 0.1) is 0 Å². The van der Waals surface area contributed by atoms with Gasteiger partial charge in [-0.1, -0.05) is 18.2 Å². The normalized spacial score (nSPS) is 12.6. The molecule has 4 heteroatoms. The van der Waals surface area contributed by atoms with Crippen LogP contribution >= 0.6 is 11.6 Å². The third-order valence-electron chi connectivity index (χ3n) is 1.50. The number of nitrogens with one attached hydrogen (secondary N) is 1. The van der Waals surface area contributed by atoms with E-state index in [1.54, 1.807) is 21.0 Å². The average Bonchev–Trinajstić information content (AvgIpc) is 2.11. The molecule has 1 amide bonds. The molecule has 0 heterocycles. The van der Waals surface area contributed by atoms with Crippen molar-refractivity contribution in [2.75, 3.05) is 14.1 Å². The maximum atomic E-state index is 11.3. The Morgan fingerprint density at radius 1 is 1.62 bits per heavy atom. The van der Waals surface area contributed by atoms with E-state index in [0.29, 0.717) is 16.3 Å².